The molecule has 0 heterocycles. The van der Waals surface area contributed by atoms with E-state index in [0.717, 1.165) is 12.5 Å². The summed E-state index contributed by atoms with van der Waals surface area (Å²) in [5.41, 5.74) is 0. The second-order valence-corrected chi connectivity index (χ2v) is 6.19. The molecule has 0 saturated heterocycles. The summed E-state index contributed by atoms with van der Waals surface area (Å²) in [4.78, 5) is 0. The van der Waals surface area contributed by atoms with Crippen LogP contribution in [0.2, 0.25) is 0 Å². The number of hydrogen-bond acceptors (Lipinski definition) is 7. The molecule has 0 aromatic rings. The van der Waals surface area contributed by atoms with Gasteiger partial charge in [-0.05, 0) is 0 Å². The minimum absolute atomic E-state index is 0.0419. The fourth-order valence-corrected chi connectivity index (χ4v) is 1.25. The van der Waals surface area contributed by atoms with Crippen molar-refractivity contribution in [3.8, 4) is 11.8 Å². The van der Waals surface area contributed by atoms with E-state index in [1.807, 2.05) is 0 Å². The van der Waals surface area contributed by atoms with Gasteiger partial charge in [0.1, 0.15) is 13.2 Å². The van der Waals surface area contributed by atoms with Crippen LogP contribution in [-0.2, 0) is 33.3 Å². The maximum absolute atomic E-state index is 10.5. The summed E-state index contributed by atoms with van der Waals surface area (Å²) in [6.45, 7) is -0.197. The summed E-state index contributed by atoms with van der Waals surface area (Å²) in [5.74, 6) is 4.90. The van der Waals surface area contributed by atoms with Gasteiger partial charge in [0.15, 0.2) is 0 Å². The van der Waals surface area contributed by atoms with Crippen LogP contribution in [0.25, 0.3) is 0 Å². The Bertz CT molecular complexity index is 466. The van der Waals surface area contributed by atoms with Gasteiger partial charge < -0.3 is 4.74 Å². The van der Waals surface area contributed by atoms with Crippen LogP contribution in [0.5, 0.6) is 0 Å². The molecule has 0 spiro atoms. The fraction of sp³-hybridized carbons (Fsp3) is 0.750. The average molecular weight is 286 g/mol. The van der Waals surface area contributed by atoms with E-state index < -0.39 is 20.2 Å². The molecule has 0 aliphatic rings. The Hall–Kier alpha value is -0.660. The Kier molecular flexibility index (Phi) is 7.33. The normalized spacial score (nSPS) is 11.9. The van der Waals surface area contributed by atoms with Crippen molar-refractivity contribution in [2.45, 2.75) is 0 Å². The summed E-state index contributed by atoms with van der Waals surface area (Å²) in [6.07, 6.45) is 1.86. The molecule has 0 aromatic carbocycles. The zero-order chi connectivity index (χ0) is 13.4. The highest BCUT2D eigenvalue weighted by atomic mass is 32.2. The van der Waals surface area contributed by atoms with E-state index in [1.165, 1.54) is 0 Å². The lowest BCUT2D eigenvalue weighted by molar-refractivity contribution is 0.127. The van der Waals surface area contributed by atoms with Gasteiger partial charge in [-0.1, -0.05) is 11.8 Å². The Labute approximate surface area is 101 Å². The zero-order valence-corrected chi connectivity index (χ0v) is 11.1. The number of ether oxygens (including phenoxy) is 1. The van der Waals surface area contributed by atoms with Gasteiger partial charge in [-0.2, -0.15) is 16.8 Å². The highest BCUT2D eigenvalue weighted by Gasteiger charge is 1.99. The molecule has 0 unspecified atom stereocenters. The van der Waals surface area contributed by atoms with E-state index in [2.05, 4.69) is 20.2 Å². The summed E-state index contributed by atoms with van der Waals surface area (Å²) in [7, 11) is -6.92. The SMILES string of the molecule is CS(=O)(=O)OCC#CCOCCOS(C)(=O)=O. The molecule has 0 bridgehead atoms. The molecule has 0 saturated carbocycles. The zero-order valence-electron chi connectivity index (χ0n) is 9.50. The van der Waals surface area contributed by atoms with Crippen molar-refractivity contribution in [2.24, 2.45) is 0 Å². The van der Waals surface area contributed by atoms with Crippen molar-refractivity contribution in [1.29, 1.82) is 0 Å². The standard InChI is InChI=1S/C8H14O7S2/c1-16(9,10)14-6-4-3-5-13-7-8-15-17(2,11)12/h5-8H2,1-2H3. The first-order chi connectivity index (χ1) is 7.71. The highest BCUT2D eigenvalue weighted by molar-refractivity contribution is 7.86. The molecule has 0 aliphatic carbocycles. The first-order valence-corrected chi connectivity index (χ1v) is 8.06. The van der Waals surface area contributed by atoms with Crippen LogP contribution in [0, 0.1) is 11.8 Å². The Morgan fingerprint density at radius 2 is 1.35 bits per heavy atom. The van der Waals surface area contributed by atoms with Crippen molar-refractivity contribution < 1.29 is 29.9 Å². The van der Waals surface area contributed by atoms with Gasteiger partial charge in [-0.3, -0.25) is 8.37 Å². The van der Waals surface area contributed by atoms with Gasteiger partial charge in [-0.25, -0.2) is 0 Å². The van der Waals surface area contributed by atoms with Crippen molar-refractivity contribution in [1.82, 2.24) is 0 Å². The average Bonchev–Trinajstić information content (AvgIpc) is 2.11. The van der Waals surface area contributed by atoms with E-state index >= 15 is 0 Å². The molecule has 17 heavy (non-hydrogen) atoms. The van der Waals surface area contributed by atoms with E-state index in [1.54, 1.807) is 0 Å². The summed E-state index contributed by atoms with van der Waals surface area (Å²) in [5, 5.41) is 0. The smallest absolute Gasteiger partial charge is 0.265 e. The summed E-state index contributed by atoms with van der Waals surface area (Å²) < 4.78 is 55.7. The van der Waals surface area contributed by atoms with E-state index in [0.29, 0.717) is 0 Å². The Morgan fingerprint density at radius 3 is 1.88 bits per heavy atom. The second-order valence-electron chi connectivity index (χ2n) is 2.90. The van der Waals surface area contributed by atoms with Gasteiger partial charge in [-0.15, -0.1) is 0 Å². The predicted molar refractivity (Wildman–Crippen MR) is 60.2 cm³/mol. The monoisotopic (exact) mass is 286 g/mol. The molecule has 0 radical (unpaired) electrons. The first kappa shape index (κ1) is 16.3. The first-order valence-electron chi connectivity index (χ1n) is 4.43. The van der Waals surface area contributed by atoms with Crippen molar-refractivity contribution in [3.05, 3.63) is 0 Å². The molecule has 0 fully saturated rings. The van der Waals surface area contributed by atoms with Gasteiger partial charge in [0, 0.05) is 0 Å². The molecular weight excluding hydrogens is 272 g/mol. The Morgan fingerprint density at radius 1 is 0.824 bits per heavy atom. The largest absolute Gasteiger partial charge is 0.366 e. The van der Waals surface area contributed by atoms with E-state index in [9.17, 15) is 16.8 Å². The lowest BCUT2D eigenvalue weighted by atomic mass is 10.6. The molecule has 0 rings (SSSR count). The fourth-order valence-electron chi connectivity index (χ4n) is 0.606. The maximum Gasteiger partial charge on any atom is 0.265 e. The summed E-state index contributed by atoms with van der Waals surface area (Å²) in [6, 6.07) is 0. The van der Waals surface area contributed by atoms with Crippen LogP contribution in [-0.4, -0.2) is 55.8 Å². The lowest BCUT2D eigenvalue weighted by Gasteiger charge is -2.00. The van der Waals surface area contributed by atoms with E-state index in [-0.39, 0.29) is 26.4 Å². The third-order valence-corrected chi connectivity index (χ3v) is 2.31. The Balaban J connectivity index is 3.50. The van der Waals surface area contributed by atoms with Crippen molar-refractivity contribution in [2.75, 3.05) is 38.9 Å². The molecule has 0 aliphatic heterocycles. The van der Waals surface area contributed by atoms with Crippen LogP contribution in [0.3, 0.4) is 0 Å². The molecule has 0 aromatic heterocycles. The van der Waals surface area contributed by atoms with Gasteiger partial charge in [0.25, 0.3) is 20.2 Å². The van der Waals surface area contributed by atoms with Crippen LogP contribution >= 0.6 is 0 Å². The molecule has 7 nitrogen and oxygen atoms in total. The second kappa shape index (κ2) is 7.62. The molecular formula is C8H14O7S2. The maximum atomic E-state index is 10.5. The van der Waals surface area contributed by atoms with Crippen molar-refractivity contribution in [3.63, 3.8) is 0 Å². The van der Waals surface area contributed by atoms with Crippen molar-refractivity contribution >= 4 is 20.2 Å². The van der Waals surface area contributed by atoms with Gasteiger partial charge in [0.05, 0.1) is 25.7 Å². The third-order valence-electron chi connectivity index (χ3n) is 1.17. The van der Waals surface area contributed by atoms with Crippen LogP contribution in [0.4, 0.5) is 0 Å². The molecule has 9 heteroatoms. The highest BCUT2D eigenvalue weighted by Crippen LogP contribution is 1.86. The molecule has 0 atom stereocenters. The predicted octanol–water partition coefficient (Wildman–Crippen LogP) is -1.04. The molecule has 100 valence electrons. The minimum atomic E-state index is -3.47. The third kappa shape index (κ3) is 15.3. The minimum Gasteiger partial charge on any atom is -0.366 e. The van der Waals surface area contributed by atoms with Crippen LogP contribution in [0.1, 0.15) is 0 Å². The lowest BCUT2D eigenvalue weighted by Crippen LogP contribution is -2.09. The quantitative estimate of drug-likeness (QED) is 0.335. The summed E-state index contributed by atoms with van der Waals surface area (Å²) >= 11 is 0. The number of rotatable bonds is 7. The van der Waals surface area contributed by atoms with Crippen LogP contribution in [0.15, 0.2) is 0 Å². The molecule has 0 N–H and O–H groups in total. The molecule has 0 amide bonds. The van der Waals surface area contributed by atoms with Crippen LogP contribution < -0.4 is 0 Å². The topological polar surface area (TPSA) is 96.0 Å². The van der Waals surface area contributed by atoms with E-state index in [4.69, 9.17) is 4.74 Å². The van der Waals surface area contributed by atoms with Gasteiger partial charge >= 0.3 is 0 Å². The number of hydrogen-bond donors (Lipinski definition) is 0. The van der Waals surface area contributed by atoms with Gasteiger partial charge in [0.2, 0.25) is 0 Å².